The zero-order chi connectivity index (χ0) is 18.9. The Labute approximate surface area is 164 Å². The van der Waals surface area contributed by atoms with Gasteiger partial charge in [0.1, 0.15) is 0 Å². The van der Waals surface area contributed by atoms with E-state index >= 15 is 0 Å². The molecule has 5 nitrogen and oxygen atoms in total. The predicted octanol–water partition coefficient (Wildman–Crippen LogP) is 3.11. The van der Waals surface area contributed by atoms with Crippen molar-refractivity contribution < 1.29 is 4.74 Å². The first-order valence-electron chi connectivity index (χ1n) is 10.6. The molecule has 2 aliphatic rings. The Balaban J connectivity index is 1.65. The highest BCUT2D eigenvalue weighted by Crippen LogP contribution is 2.19. The normalized spacial score (nSPS) is 21.6. The first-order chi connectivity index (χ1) is 13.3. The molecule has 1 atom stereocenters. The summed E-state index contributed by atoms with van der Waals surface area (Å²) in [6.07, 6.45) is 5.24. The van der Waals surface area contributed by atoms with Gasteiger partial charge in [0, 0.05) is 39.2 Å². The summed E-state index contributed by atoms with van der Waals surface area (Å²) in [4.78, 5) is 9.97. The third-order valence-corrected chi connectivity index (χ3v) is 5.68. The zero-order valence-corrected chi connectivity index (χ0v) is 17.1. The lowest BCUT2D eigenvalue weighted by molar-refractivity contribution is 0.157. The van der Waals surface area contributed by atoms with E-state index in [4.69, 9.17) is 9.73 Å². The second kappa shape index (κ2) is 10.7. The molecule has 150 valence electrons. The number of hydrogen-bond acceptors (Lipinski definition) is 3. The number of ether oxygens (including phenoxy) is 1. The van der Waals surface area contributed by atoms with Crippen LogP contribution in [0, 0.1) is 5.92 Å². The Morgan fingerprint density at radius 1 is 1.15 bits per heavy atom. The number of rotatable bonds is 7. The number of methoxy groups -OCH3 is 1. The Kier molecular flexibility index (Phi) is 7.96. The second-order valence-electron chi connectivity index (χ2n) is 7.83. The molecule has 27 heavy (non-hydrogen) atoms. The van der Waals surface area contributed by atoms with E-state index in [0.717, 1.165) is 45.3 Å². The van der Waals surface area contributed by atoms with Gasteiger partial charge in [0.15, 0.2) is 5.96 Å². The van der Waals surface area contributed by atoms with E-state index in [1.807, 2.05) is 0 Å². The standard InChI is InChI=1S/C22H36N4O/c1-3-23-22(26-14-11-19(16-26)18-27-2)24-15-20-9-5-6-10-21(20)17-25-12-7-4-8-13-25/h5-6,9-10,19H,3-4,7-8,11-18H2,1-2H3,(H,23,24). The van der Waals surface area contributed by atoms with Crippen LogP contribution in [0.2, 0.25) is 0 Å². The maximum absolute atomic E-state index is 5.34. The van der Waals surface area contributed by atoms with E-state index in [9.17, 15) is 0 Å². The van der Waals surface area contributed by atoms with Crippen LogP contribution in [0.25, 0.3) is 0 Å². The van der Waals surface area contributed by atoms with Crippen LogP contribution in [-0.2, 0) is 17.8 Å². The van der Waals surface area contributed by atoms with Gasteiger partial charge >= 0.3 is 0 Å². The molecule has 2 fully saturated rings. The van der Waals surface area contributed by atoms with Crippen molar-refractivity contribution in [2.24, 2.45) is 10.9 Å². The average Bonchev–Trinajstić information content (AvgIpc) is 3.16. The zero-order valence-electron chi connectivity index (χ0n) is 17.1. The van der Waals surface area contributed by atoms with Crippen molar-refractivity contribution in [3.8, 4) is 0 Å². The Bertz CT molecular complexity index is 598. The van der Waals surface area contributed by atoms with Crippen LogP contribution < -0.4 is 5.32 Å². The van der Waals surface area contributed by atoms with Gasteiger partial charge in [0.25, 0.3) is 0 Å². The third kappa shape index (κ3) is 5.94. The first kappa shape index (κ1) is 20.2. The van der Waals surface area contributed by atoms with Gasteiger partial charge in [-0.2, -0.15) is 0 Å². The van der Waals surface area contributed by atoms with Gasteiger partial charge < -0.3 is 15.0 Å². The molecule has 1 unspecified atom stereocenters. The monoisotopic (exact) mass is 372 g/mol. The molecule has 0 spiro atoms. The van der Waals surface area contributed by atoms with Crippen molar-refractivity contribution in [1.82, 2.24) is 15.1 Å². The number of benzene rings is 1. The van der Waals surface area contributed by atoms with Crippen molar-refractivity contribution >= 4 is 5.96 Å². The molecule has 0 aliphatic carbocycles. The fourth-order valence-electron chi connectivity index (χ4n) is 4.21. The number of nitrogens with zero attached hydrogens (tertiary/aromatic N) is 3. The van der Waals surface area contributed by atoms with E-state index in [1.54, 1.807) is 7.11 Å². The number of hydrogen-bond donors (Lipinski definition) is 1. The Morgan fingerprint density at radius 3 is 2.67 bits per heavy atom. The molecule has 0 amide bonds. The van der Waals surface area contributed by atoms with Crippen molar-refractivity contribution in [3.63, 3.8) is 0 Å². The largest absolute Gasteiger partial charge is 0.384 e. The highest BCUT2D eigenvalue weighted by Gasteiger charge is 2.24. The molecule has 0 aromatic heterocycles. The molecule has 2 saturated heterocycles. The summed E-state index contributed by atoms with van der Waals surface area (Å²) in [5.74, 6) is 1.66. The van der Waals surface area contributed by atoms with Crippen LogP contribution in [0.5, 0.6) is 0 Å². The lowest BCUT2D eigenvalue weighted by atomic mass is 10.1. The van der Waals surface area contributed by atoms with E-state index in [0.29, 0.717) is 5.92 Å². The summed E-state index contributed by atoms with van der Waals surface area (Å²) in [6.45, 7) is 10.3. The smallest absolute Gasteiger partial charge is 0.194 e. The number of guanidine groups is 1. The summed E-state index contributed by atoms with van der Waals surface area (Å²) < 4.78 is 5.34. The topological polar surface area (TPSA) is 40.1 Å². The first-order valence-corrected chi connectivity index (χ1v) is 10.6. The third-order valence-electron chi connectivity index (χ3n) is 5.68. The molecule has 1 aromatic carbocycles. The molecule has 0 radical (unpaired) electrons. The SMILES string of the molecule is CCNC(=NCc1ccccc1CN1CCCCC1)N1CCC(COC)C1. The number of aliphatic imine (C=N–C) groups is 1. The maximum atomic E-state index is 5.34. The van der Waals surface area contributed by atoms with Crippen molar-refractivity contribution in [1.29, 1.82) is 0 Å². The quantitative estimate of drug-likeness (QED) is 0.590. The molecule has 2 aliphatic heterocycles. The molecule has 2 heterocycles. The average molecular weight is 373 g/mol. The summed E-state index contributed by atoms with van der Waals surface area (Å²) in [5, 5.41) is 3.48. The van der Waals surface area contributed by atoms with E-state index < -0.39 is 0 Å². The van der Waals surface area contributed by atoms with Gasteiger partial charge in [-0.1, -0.05) is 30.7 Å². The minimum absolute atomic E-state index is 0.616. The molecule has 1 aromatic rings. The summed E-state index contributed by atoms with van der Waals surface area (Å²) in [7, 11) is 1.79. The van der Waals surface area contributed by atoms with Gasteiger partial charge in [-0.25, -0.2) is 4.99 Å². The predicted molar refractivity (Wildman–Crippen MR) is 112 cm³/mol. The number of nitrogens with one attached hydrogen (secondary N) is 1. The molecule has 0 bridgehead atoms. The number of piperidine rings is 1. The molecular weight excluding hydrogens is 336 g/mol. The molecule has 5 heteroatoms. The highest BCUT2D eigenvalue weighted by atomic mass is 16.5. The van der Waals surface area contributed by atoms with Gasteiger partial charge in [-0.15, -0.1) is 0 Å². The van der Waals surface area contributed by atoms with Crippen LogP contribution in [0.3, 0.4) is 0 Å². The summed E-state index contributed by atoms with van der Waals surface area (Å²) >= 11 is 0. The Morgan fingerprint density at radius 2 is 1.93 bits per heavy atom. The van der Waals surface area contributed by atoms with Crippen LogP contribution in [-0.4, -0.2) is 62.2 Å². The van der Waals surface area contributed by atoms with Gasteiger partial charge in [0.2, 0.25) is 0 Å². The second-order valence-corrected chi connectivity index (χ2v) is 7.83. The maximum Gasteiger partial charge on any atom is 0.194 e. The van der Waals surface area contributed by atoms with Crippen molar-refractivity contribution in [2.75, 3.05) is 46.4 Å². The van der Waals surface area contributed by atoms with Crippen LogP contribution >= 0.6 is 0 Å². The summed E-state index contributed by atoms with van der Waals surface area (Å²) in [5.41, 5.74) is 2.78. The van der Waals surface area contributed by atoms with Crippen LogP contribution in [0.15, 0.2) is 29.3 Å². The fourth-order valence-corrected chi connectivity index (χ4v) is 4.21. The summed E-state index contributed by atoms with van der Waals surface area (Å²) in [6, 6.07) is 8.82. The van der Waals surface area contributed by atoms with Crippen molar-refractivity contribution in [2.45, 2.75) is 45.7 Å². The van der Waals surface area contributed by atoms with E-state index in [2.05, 4.69) is 46.3 Å². The molecule has 0 saturated carbocycles. The van der Waals surface area contributed by atoms with Gasteiger partial charge in [-0.05, 0) is 50.4 Å². The van der Waals surface area contributed by atoms with E-state index in [-0.39, 0.29) is 0 Å². The lowest BCUT2D eigenvalue weighted by Crippen LogP contribution is -2.40. The Hall–Kier alpha value is -1.59. The minimum Gasteiger partial charge on any atom is -0.384 e. The minimum atomic E-state index is 0.616. The van der Waals surface area contributed by atoms with Crippen molar-refractivity contribution in [3.05, 3.63) is 35.4 Å². The van der Waals surface area contributed by atoms with Crippen LogP contribution in [0.4, 0.5) is 0 Å². The lowest BCUT2D eigenvalue weighted by Gasteiger charge is -2.27. The highest BCUT2D eigenvalue weighted by molar-refractivity contribution is 5.80. The fraction of sp³-hybridized carbons (Fsp3) is 0.682. The van der Waals surface area contributed by atoms with Gasteiger partial charge in [0.05, 0.1) is 13.2 Å². The number of likely N-dealkylation sites (tertiary alicyclic amines) is 2. The molecule has 3 rings (SSSR count). The van der Waals surface area contributed by atoms with E-state index in [1.165, 1.54) is 49.9 Å². The molecule has 1 N–H and O–H groups in total. The van der Waals surface area contributed by atoms with Gasteiger partial charge in [-0.3, -0.25) is 4.90 Å². The van der Waals surface area contributed by atoms with Crippen LogP contribution in [0.1, 0.15) is 43.7 Å². The molecular formula is C22H36N4O.